The molecule has 3 heteroatoms. The Hall–Kier alpha value is -1.35. The summed E-state index contributed by atoms with van der Waals surface area (Å²) in [6.45, 7) is 5.28. The van der Waals surface area contributed by atoms with Crippen molar-refractivity contribution >= 4 is 5.97 Å². The molecule has 1 aromatic rings. The lowest BCUT2D eigenvalue weighted by atomic mass is 9.80. The molecule has 0 aliphatic carbocycles. The van der Waals surface area contributed by atoms with E-state index < -0.39 is 17.5 Å². The van der Waals surface area contributed by atoms with E-state index in [1.807, 2.05) is 19.1 Å². The number of hydrogen-bond acceptors (Lipinski definition) is 2. The first-order valence-electron chi connectivity index (χ1n) is 5.44. The van der Waals surface area contributed by atoms with Crippen LogP contribution in [0.25, 0.3) is 0 Å². The number of carboxylic acid groups (broad SMARTS) is 1. The first kappa shape index (κ1) is 12.7. The average molecular weight is 222 g/mol. The van der Waals surface area contributed by atoms with Crippen LogP contribution in [0.1, 0.15) is 31.4 Å². The Kier molecular flexibility index (Phi) is 3.70. The van der Waals surface area contributed by atoms with Crippen LogP contribution < -0.4 is 0 Å². The Labute approximate surface area is 95.7 Å². The maximum absolute atomic E-state index is 11.0. The maximum Gasteiger partial charge on any atom is 0.309 e. The van der Waals surface area contributed by atoms with Crippen LogP contribution in [0.4, 0.5) is 0 Å². The third kappa shape index (κ3) is 2.25. The number of rotatable bonds is 4. The van der Waals surface area contributed by atoms with Gasteiger partial charge in [0.2, 0.25) is 0 Å². The molecular formula is C13H18O3. The van der Waals surface area contributed by atoms with E-state index >= 15 is 0 Å². The fraction of sp³-hybridized carbons (Fsp3) is 0.462. The van der Waals surface area contributed by atoms with Gasteiger partial charge >= 0.3 is 5.97 Å². The van der Waals surface area contributed by atoms with Gasteiger partial charge in [-0.25, -0.2) is 0 Å². The molecule has 0 aliphatic heterocycles. The van der Waals surface area contributed by atoms with E-state index in [4.69, 9.17) is 5.11 Å². The summed E-state index contributed by atoms with van der Waals surface area (Å²) in [5.74, 6) is -1.80. The van der Waals surface area contributed by atoms with Gasteiger partial charge in [-0.1, -0.05) is 36.8 Å². The van der Waals surface area contributed by atoms with Crippen molar-refractivity contribution in [3.8, 4) is 0 Å². The normalized spacial score (nSPS) is 16.5. The SMILES string of the molecule is CCC(O)(c1ccc(C)cc1)C(C)C(=O)O. The zero-order valence-corrected chi connectivity index (χ0v) is 9.90. The predicted octanol–water partition coefficient (Wildman–Crippen LogP) is 2.31. The molecule has 16 heavy (non-hydrogen) atoms. The lowest BCUT2D eigenvalue weighted by Gasteiger charge is -2.31. The van der Waals surface area contributed by atoms with Crippen molar-refractivity contribution in [1.82, 2.24) is 0 Å². The monoisotopic (exact) mass is 222 g/mol. The Morgan fingerprint density at radius 2 is 1.88 bits per heavy atom. The zero-order chi connectivity index (χ0) is 12.3. The van der Waals surface area contributed by atoms with Gasteiger partial charge in [-0.15, -0.1) is 0 Å². The van der Waals surface area contributed by atoms with Crippen molar-refractivity contribution in [3.63, 3.8) is 0 Å². The van der Waals surface area contributed by atoms with Crippen LogP contribution in [0.3, 0.4) is 0 Å². The summed E-state index contributed by atoms with van der Waals surface area (Å²) >= 11 is 0. The lowest BCUT2D eigenvalue weighted by molar-refractivity contribution is -0.152. The van der Waals surface area contributed by atoms with Gasteiger partial charge in [0.05, 0.1) is 5.92 Å². The molecule has 1 aromatic carbocycles. The molecule has 0 saturated heterocycles. The van der Waals surface area contributed by atoms with Crippen LogP contribution >= 0.6 is 0 Å². The van der Waals surface area contributed by atoms with Gasteiger partial charge in [0.1, 0.15) is 5.60 Å². The van der Waals surface area contributed by atoms with E-state index in [0.717, 1.165) is 5.56 Å². The smallest absolute Gasteiger partial charge is 0.309 e. The Morgan fingerprint density at radius 1 is 1.38 bits per heavy atom. The minimum atomic E-state index is -1.29. The van der Waals surface area contributed by atoms with Crippen molar-refractivity contribution in [2.75, 3.05) is 0 Å². The molecule has 88 valence electrons. The summed E-state index contributed by atoms with van der Waals surface area (Å²) in [6, 6.07) is 7.34. The molecule has 0 aromatic heterocycles. The van der Waals surface area contributed by atoms with Gasteiger partial charge in [-0.2, -0.15) is 0 Å². The van der Waals surface area contributed by atoms with E-state index in [2.05, 4.69) is 0 Å². The van der Waals surface area contributed by atoms with Gasteiger partial charge in [-0.05, 0) is 25.8 Å². The first-order chi connectivity index (χ1) is 7.41. The highest BCUT2D eigenvalue weighted by atomic mass is 16.4. The second-order valence-corrected chi connectivity index (χ2v) is 4.20. The highest BCUT2D eigenvalue weighted by Gasteiger charge is 2.38. The van der Waals surface area contributed by atoms with E-state index in [0.29, 0.717) is 12.0 Å². The largest absolute Gasteiger partial charge is 0.481 e. The molecule has 0 spiro atoms. The summed E-state index contributed by atoms with van der Waals surface area (Å²) in [6.07, 6.45) is 0.378. The van der Waals surface area contributed by atoms with Gasteiger partial charge < -0.3 is 10.2 Å². The lowest BCUT2D eigenvalue weighted by Crippen LogP contribution is -2.37. The van der Waals surface area contributed by atoms with Crippen LogP contribution in [0.2, 0.25) is 0 Å². The quantitative estimate of drug-likeness (QED) is 0.822. The van der Waals surface area contributed by atoms with E-state index in [1.165, 1.54) is 6.92 Å². The highest BCUT2D eigenvalue weighted by molar-refractivity contribution is 5.71. The average Bonchev–Trinajstić information content (AvgIpc) is 2.27. The van der Waals surface area contributed by atoms with Crippen LogP contribution in [-0.2, 0) is 10.4 Å². The fourth-order valence-electron chi connectivity index (χ4n) is 1.81. The Balaban J connectivity index is 3.14. The maximum atomic E-state index is 11.0. The minimum Gasteiger partial charge on any atom is -0.481 e. The number of carboxylic acids is 1. The van der Waals surface area contributed by atoms with Gasteiger partial charge in [-0.3, -0.25) is 4.79 Å². The second-order valence-electron chi connectivity index (χ2n) is 4.20. The summed E-state index contributed by atoms with van der Waals surface area (Å²) in [5.41, 5.74) is 0.459. The zero-order valence-electron chi connectivity index (χ0n) is 9.90. The Morgan fingerprint density at radius 3 is 2.25 bits per heavy atom. The van der Waals surface area contributed by atoms with Crippen LogP contribution in [0.15, 0.2) is 24.3 Å². The first-order valence-corrected chi connectivity index (χ1v) is 5.44. The summed E-state index contributed by atoms with van der Waals surface area (Å²) in [4.78, 5) is 11.0. The molecule has 0 heterocycles. The molecule has 2 atom stereocenters. The molecule has 0 saturated carbocycles. The van der Waals surface area contributed by atoms with Crippen molar-refractivity contribution in [1.29, 1.82) is 0 Å². The number of aryl methyl sites for hydroxylation is 1. The molecular weight excluding hydrogens is 204 g/mol. The molecule has 1 rings (SSSR count). The van der Waals surface area contributed by atoms with Crippen molar-refractivity contribution in [2.24, 2.45) is 5.92 Å². The molecule has 0 fully saturated rings. The molecule has 3 nitrogen and oxygen atoms in total. The summed E-state index contributed by atoms with van der Waals surface area (Å²) < 4.78 is 0. The predicted molar refractivity (Wildman–Crippen MR) is 62.2 cm³/mol. The Bertz CT molecular complexity index is 369. The topological polar surface area (TPSA) is 57.5 Å². The van der Waals surface area contributed by atoms with Gasteiger partial charge in [0, 0.05) is 0 Å². The fourth-order valence-corrected chi connectivity index (χ4v) is 1.81. The number of aliphatic carboxylic acids is 1. The van der Waals surface area contributed by atoms with E-state index in [1.54, 1.807) is 19.1 Å². The third-order valence-electron chi connectivity index (χ3n) is 3.18. The van der Waals surface area contributed by atoms with Crippen LogP contribution in [0, 0.1) is 12.8 Å². The van der Waals surface area contributed by atoms with Crippen LogP contribution in [0.5, 0.6) is 0 Å². The summed E-state index contributed by atoms with van der Waals surface area (Å²) in [7, 11) is 0. The van der Waals surface area contributed by atoms with Crippen molar-refractivity contribution in [2.45, 2.75) is 32.8 Å². The second kappa shape index (κ2) is 4.66. The molecule has 0 aliphatic rings. The van der Waals surface area contributed by atoms with Crippen LogP contribution in [-0.4, -0.2) is 16.2 Å². The minimum absolute atomic E-state index is 0.378. The highest BCUT2D eigenvalue weighted by Crippen LogP contribution is 2.33. The van der Waals surface area contributed by atoms with Crippen molar-refractivity contribution < 1.29 is 15.0 Å². The number of hydrogen-bond donors (Lipinski definition) is 2. The third-order valence-corrected chi connectivity index (χ3v) is 3.18. The van der Waals surface area contributed by atoms with Gasteiger partial charge in [0.15, 0.2) is 0 Å². The number of benzene rings is 1. The molecule has 2 unspecified atom stereocenters. The summed E-state index contributed by atoms with van der Waals surface area (Å²) in [5, 5.41) is 19.4. The van der Waals surface area contributed by atoms with Crippen molar-refractivity contribution in [3.05, 3.63) is 35.4 Å². The molecule has 0 radical (unpaired) electrons. The standard InChI is InChI=1S/C13H18O3/c1-4-13(16,10(3)12(14)15)11-7-5-9(2)6-8-11/h5-8,10,16H,4H2,1-3H3,(H,14,15). The molecule has 0 bridgehead atoms. The van der Waals surface area contributed by atoms with E-state index in [9.17, 15) is 9.90 Å². The number of carbonyl (C=O) groups is 1. The number of aliphatic hydroxyl groups is 1. The van der Waals surface area contributed by atoms with Gasteiger partial charge in [0.25, 0.3) is 0 Å². The molecule has 2 N–H and O–H groups in total. The molecule has 0 amide bonds. The van der Waals surface area contributed by atoms with E-state index in [-0.39, 0.29) is 0 Å².